The van der Waals surface area contributed by atoms with Crippen LogP contribution in [0.5, 0.6) is 0 Å². The summed E-state index contributed by atoms with van der Waals surface area (Å²) >= 11 is 6.36. The van der Waals surface area contributed by atoms with Crippen molar-refractivity contribution in [2.45, 2.75) is 39.0 Å². The van der Waals surface area contributed by atoms with E-state index in [4.69, 9.17) is 11.6 Å². The summed E-state index contributed by atoms with van der Waals surface area (Å²) in [5.74, 6) is -0.691. The van der Waals surface area contributed by atoms with Gasteiger partial charge in [-0.3, -0.25) is 14.9 Å². The van der Waals surface area contributed by atoms with E-state index < -0.39 is 12.2 Å². The van der Waals surface area contributed by atoms with Crippen LogP contribution < -0.4 is 16.0 Å². The Kier molecular flexibility index (Phi) is 6.31. The van der Waals surface area contributed by atoms with Crippen LogP contribution in [0.15, 0.2) is 42.5 Å². The Bertz CT molecular complexity index is 888. The first-order chi connectivity index (χ1) is 13.3. The van der Waals surface area contributed by atoms with E-state index in [-0.39, 0.29) is 30.0 Å². The summed E-state index contributed by atoms with van der Waals surface area (Å²) in [4.78, 5) is 24.1. The molecule has 2 atom stereocenters. The third-order valence-corrected chi connectivity index (χ3v) is 5.05. The van der Waals surface area contributed by atoms with Crippen molar-refractivity contribution in [2.24, 2.45) is 5.92 Å². The maximum Gasteiger partial charge on any atom is 0.223 e. The highest BCUT2D eigenvalue weighted by Gasteiger charge is 2.30. The molecule has 1 fully saturated rings. The number of carbonyl (C=O) groups is 2. The van der Waals surface area contributed by atoms with Crippen LogP contribution in [-0.2, 0) is 16.1 Å². The van der Waals surface area contributed by atoms with Crippen LogP contribution >= 0.6 is 11.6 Å². The summed E-state index contributed by atoms with van der Waals surface area (Å²) in [6.45, 7) is 4.01. The maximum atomic E-state index is 14.2. The summed E-state index contributed by atoms with van der Waals surface area (Å²) < 4.78 is 14.2. The van der Waals surface area contributed by atoms with E-state index in [9.17, 15) is 14.0 Å². The zero-order valence-corrected chi connectivity index (χ0v) is 16.5. The summed E-state index contributed by atoms with van der Waals surface area (Å²) in [5, 5.41) is 9.46. The number of nitrogens with one attached hydrogen (secondary N) is 3. The number of hydrogen-bond donors (Lipinski definition) is 3. The van der Waals surface area contributed by atoms with Crippen LogP contribution in [0.4, 0.5) is 4.39 Å². The monoisotopic (exact) mass is 403 g/mol. The molecule has 2 aromatic carbocycles. The van der Waals surface area contributed by atoms with Crippen molar-refractivity contribution in [3.8, 4) is 0 Å². The summed E-state index contributed by atoms with van der Waals surface area (Å²) in [6.07, 6.45) is -0.418. The van der Waals surface area contributed by atoms with Gasteiger partial charge in [-0.25, -0.2) is 4.39 Å². The lowest BCUT2D eigenvalue weighted by Gasteiger charge is -2.33. The zero-order valence-electron chi connectivity index (χ0n) is 15.8. The molecule has 1 aliphatic heterocycles. The van der Waals surface area contributed by atoms with Crippen LogP contribution in [0.3, 0.4) is 0 Å². The van der Waals surface area contributed by atoms with Crippen LogP contribution in [-0.4, -0.2) is 11.8 Å². The molecule has 7 heteroatoms. The van der Waals surface area contributed by atoms with Gasteiger partial charge in [0.25, 0.3) is 0 Å². The topological polar surface area (TPSA) is 70.2 Å². The van der Waals surface area contributed by atoms with Gasteiger partial charge in [-0.15, -0.1) is 0 Å². The first-order valence-corrected chi connectivity index (χ1v) is 9.59. The van der Waals surface area contributed by atoms with Gasteiger partial charge in [-0.1, -0.05) is 49.7 Å². The summed E-state index contributed by atoms with van der Waals surface area (Å²) in [7, 11) is 0. The second kappa shape index (κ2) is 8.71. The molecule has 2 unspecified atom stereocenters. The van der Waals surface area contributed by atoms with Crippen molar-refractivity contribution in [3.63, 3.8) is 0 Å². The molecule has 0 aromatic heterocycles. The fourth-order valence-electron chi connectivity index (χ4n) is 3.15. The van der Waals surface area contributed by atoms with E-state index in [2.05, 4.69) is 16.0 Å². The van der Waals surface area contributed by atoms with Crippen LogP contribution in [0.1, 0.15) is 49.2 Å². The minimum Gasteiger partial charge on any atom is -0.352 e. The lowest BCUT2D eigenvalue weighted by molar-refractivity contribution is -0.125. The van der Waals surface area contributed by atoms with Gasteiger partial charge in [0, 0.05) is 41.1 Å². The molecule has 0 aliphatic carbocycles. The highest BCUT2D eigenvalue weighted by Crippen LogP contribution is 2.30. The van der Waals surface area contributed by atoms with Crippen molar-refractivity contribution in [1.29, 1.82) is 0 Å². The molecule has 2 amide bonds. The second-order valence-electron chi connectivity index (χ2n) is 7.17. The Hall–Kier alpha value is -2.44. The third kappa shape index (κ3) is 4.69. The molecule has 5 nitrogen and oxygen atoms in total. The van der Waals surface area contributed by atoms with Gasteiger partial charge in [-0.2, -0.15) is 0 Å². The van der Waals surface area contributed by atoms with E-state index in [1.54, 1.807) is 24.3 Å². The predicted octanol–water partition coefficient (Wildman–Crippen LogP) is 3.60. The summed E-state index contributed by atoms with van der Waals surface area (Å²) in [5.41, 5.74) is 1.98. The average molecular weight is 404 g/mol. The largest absolute Gasteiger partial charge is 0.352 e. The number of carbonyl (C=O) groups excluding carboxylic acids is 2. The molecular weight excluding hydrogens is 381 g/mol. The molecular formula is C21H23ClFN3O2. The Labute approximate surface area is 168 Å². The number of hydrogen-bond acceptors (Lipinski definition) is 3. The normalized spacial score (nSPS) is 19.4. The van der Waals surface area contributed by atoms with E-state index >= 15 is 0 Å². The highest BCUT2D eigenvalue weighted by molar-refractivity contribution is 6.31. The minimum absolute atomic E-state index is 0.0415. The smallest absolute Gasteiger partial charge is 0.223 e. The number of rotatable bonds is 5. The molecule has 0 saturated carbocycles. The predicted molar refractivity (Wildman–Crippen MR) is 106 cm³/mol. The van der Waals surface area contributed by atoms with E-state index in [1.165, 1.54) is 6.07 Å². The standard InChI is InChI=1S/C21H23ClFN3O2/c1-12(2)21(28)24-11-13-7-8-16(22)15(9-13)20-25-18(10-19(27)26-20)14-5-3-4-6-17(14)23/h3-9,12,18,20,25H,10-11H2,1-2H3,(H,24,28)(H,26,27). The number of halogens is 2. The van der Waals surface area contributed by atoms with Crippen molar-refractivity contribution in [1.82, 2.24) is 16.0 Å². The van der Waals surface area contributed by atoms with Crippen LogP contribution in [0.2, 0.25) is 5.02 Å². The molecule has 148 valence electrons. The molecule has 0 radical (unpaired) electrons. The second-order valence-corrected chi connectivity index (χ2v) is 7.58. The van der Waals surface area contributed by atoms with Crippen LogP contribution in [0.25, 0.3) is 0 Å². The maximum absolute atomic E-state index is 14.2. The van der Waals surface area contributed by atoms with Crippen LogP contribution in [0, 0.1) is 11.7 Å². The Morgan fingerprint density at radius 2 is 2.00 bits per heavy atom. The lowest BCUT2D eigenvalue weighted by atomic mass is 9.98. The molecule has 0 bridgehead atoms. The molecule has 28 heavy (non-hydrogen) atoms. The van der Waals surface area contributed by atoms with E-state index in [1.807, 2.05) is 26.0 Å². The third-order valence-electron chi connectivity index (χ3n) is 4.71. The lowest BCUT2D eigenvalue weighted by Crippen LogP contribution is -2.47. The van der Waals surface area contributed by atoms with E-state index in [0.29, 0.717) is 22.7 Å². The highest BCUT2D eigenvalue weighted by atomic mass is 35.5. The Balaban J connectivity index is 1.81. The molecule has 3 N–H and O–H groups in total. The fraction of sp³-hybridized carbons (Fsp3) is 0.333. The fourth-order valence-corrected chi connectivity index (χ4v) is 3.38. The van der Waals surface area contributed by atoms with Crippen molar-refractivity contribution in [3.05, 3.63) is 70.0 Å². The summed E-state index contributed by atoms with van der Waals surface area (Å²) in [6, 6.07) is 11.3. The van der Waals surface area contributed by atoms with Gasteiger partial charge in [0.2, 0.25) is 11.8 Å². The van der Waals surface area contributed by atoms with Crippen molar-refractivity contribution in [2.75, 3.05) is 0 Å². The molecule has 1 saturated heterocycles. The minimum atomic E-state index is -0.556. The number of benzene rings is 2. The molecule has 1 aliphatic rings. The first kappa shape index (κ1) is 20.3. The van der Waals surface area contributed by atoms with Gasteiger partial charge < -0.3 is 10.6 Å². The Morgan fingerprint density at radius 1 is 1.25 bits per heavy atom. The average Bonchev–Trinajstić information content (AvgIpc) is 2.66. The quantitative estimate of drug-likeness (QED) is 0.714. The Morgan fingerprint density at radius 3 is 2.71 bits per heavy atom. The van der Waals surface area contributed by atoms with Gasteiger partial charge in [0.05, 0.1) is 0 Å². The number of amides is 2. The molecule has 3 rings (SSSR count). The van der Waals surface area contributed by atoms with Gasteiger partial charge in [-0.05, 0) is 23.8 Å². The zero-order chi connectivity index (χ0) is 20.3. The van der Waals surface area contributed by atoms with Gasteiger partial charge >= 0.3 is 0 Å². The SMILES string of the molecule is CC(C)C(=O)NCc1ccc(Cl)c(C2NC(=O)CC(c3ccccc3F)N2)c1. The first-order valence-electron chi connectivity index (χ1n) is 9.21. The van der Waals surface area contributed by atoms with Gasteiger partial charge in [0.15, 0.2) is 0 Å². The van der Waals surface area contributed by atoms with E-state index in [0.717, 1.165) is 5.56 Å². The molecule has 2 aromatic rings. The van der Waals surface area contributed by atoms with Crippen molar-refractivity contribution >= 4 is 23.4 Å². The molecule has 0 spiro atoms. The molecule has 1 heterocycles. The van der Waals surface area contributed by atoms with Gasteiger partial charge in [0.1, 0.15) is 12.0 Å². The van der Waals surface area contributed by atoms with Crippen molar-refractivity contribution < 1.29 is 14.0 Å².